The molecule has 2 aromatic rings. The second kappa shape index (κ2) is 12.0. The highest BCUT2D eigenvalue weighted by Gasteiger charge is 2.31. The number of ether oxygens (including phenoxy) is 3. The van der Waals surface area contributed by atoms with E-state index < -0.39 is 22.4 Å². The third-order valence-electron chi connectivity index (χ3n) is 5.11. The van der Waals surface area contributed by atoms with Gasteiger partial charge in [-0.05, 0) is 51.0 Å². The maximum Gasteiger partial charge on any atom is 0.311 e. The van der Waals surface area contributed by atoms with E-state index in [0.717, 1.165) is 5.56 Å². The number of rotatable bonds is 11. The molecule has 35 heavy (non-hydrogen) atoms. The maximum atomic E-state index is 13.3. The molecule has 0 saturated carbocycles. The molecule has 0 unspecified atom stereocenters. The first-order valence-electron chi connectivity index (χ1n) is 11.2. The van der Waals surface area contributed by atoms with Crippen LogP contribution < -0.4 is 19.5 Å². The van der Waals surface area contributed by atoms with E-state index in [4.69, 9.17) is 14.2 Å². The molecule has 0 aliphatic carbocycles. The summed E-state index contributed by atoms with van der Waals surface area (Å²) < 4.78 is 15.9. The van der Waals surface area contributed by atoms with Gasteiger partial charge in [-0.1, -0.05) is 19.1 Å². The van der Waals surface area contributed by atoms with Crippen molar-refractivity contribution in [3.05, 3.63) is 58.1 Å². The molecule has 10 heteroatoms. The highest BCUT2D eigenvalue weighted by molar-refractivity contribution is 5.88. The number of carbonyl (C=O) groups excluding carboxylic acids is 2. The first kappa shape index (κ1) is 27.4. The van der Waals surface area contributed by atoms with Gasteiger partial charge in [0.1, 0.15) is 17.5 Å². The van der Waals surface area contributed by atoms with E-state index in [-0.39, 0.29) is 36.2 Å². The number of nitrogens with one attached hydrogen (secondary N) is 1. The number of nitro benzene ring substituents is 1. The van der Waals surface area contributed by atoms with Crippen LogP contribution in [-0.4, -0.2) is 54.0 Å². The molecular weight excluding hydrogens is 454 g/mol. The van der Waals surface area contributed by atoms with Crippen LogP contribution in [-0.2, 0) is 16.1 Å². The zero-order chi connectivity index (χ0) is 26.2. The zero-order valence-electron chi connectivity index (χ0n) is 21.0. The van der Waals surface area contributed by atoms with Gasteiger partial charge in [-0.25, -0.2) is 0 Å². The Hall–Kier alpha value is -3.82. The molecule has 0 radical (unpaired) electrons. The summed E-state index contributed by atoms with van der Waals surface area (Å²) in [5, 5.41) is 14.1. The summed E-state index contributed by atoms with van der Waals surface area (Å²) in [4.78, 5) is 38.4. The third-order valence-corrected chi connectivity index (χ3v) is 5.11. The largest absolute Gasteiger partial charge is 0.497 e. The van der Waals surface area contributed by atoms with Crippen molar-refractivity contribution in [1.29, 1.82) is 0 Å². The lowest BCUT2D eigenvalue weighted by Gasteiger charge is -2.33. The number of nitro groups is 1. The van der Waals surface area contributed by atoms with Crippen LogP contribution in [0.25, 0.3) is 0 Å². The summed E-state index contributed by atoms with van der Waals surface area (Å²) in [6.45, 7) is 7.28. The second-order valence-corrected chi connectivity index (χ2v) is 8.91. The first-order valence-corrected chi connectivity index (χ1v) is 11.2. The summed E-state index contributed by atoms with van der Waals surface area (Å²) >= 11 is 0. The molecule has 0 bridgehead atoms. The summed E-state index contributed by atoms with van der Waals surface area (Å²) in [6.07, 6.45) is 0.398. The van der Waals surface area contributed by atoms with Crippen LogP contribution in [0.5, 0.6) is 17.2 Å². The minimum atomic E-state index is -0.723. The monoisotopic (exact) mass is 487 g/mol. The van der Waals surface area contributed by atoms with E-state index >= 15 is 0 Å². The van der Waals surface area contributed by atoms with E-state index in [1.807, 2.05) is 39.8 Å². The molecule has 10 nitrogen and oxygen atoms in total. The fourth-order valence-corrected chi connectivity index (χ4v) is 3.43. The Morgan fingerprint density at radius 3 is 2.20 bits per heavy atom. The quantitative estimate of drug-likeness (QED) is 0.379. The van der Waals surface area contributed by atoms with E-state index in [2.05, 4.69) is 5.32 Å². The lowest BCUT2D eigenvalue weighted by atomic mass is 10.1. The number of methoxy groups -OCH3 is 2. The van der Waals surface area contributed by atoms with Crippen LogP contribution in [0.3, 0.4) is 0 Å². The zero-order valence-corrected chi connectivity index (χ0v) is 21.0. The van der Waals surface area contributed by atoms with E-state index in [1.54, 1.807) is 19.2 Å². The molecule has 1 atom stereocenters. The van der Waals surface area contributed by atoms with Crippen molar-refractivity contribution in [2.24, 2.45) is 0 Å². The number of amides is 2. The van der Waals surface area contributed by atoms with E-state index in [0.29, 0.717) is 12.2 Å². The van der Waals surface area contributed by atoms with E-state index in [1.165, 1.54) is 30.2 Å². The van der Waals surface area contributed by atoms with Gasteiger partial charge in [0.2, 0.25) is 11.7 Å². The van der Waals surface area contributed by atoms with Gasteiger partial charge in [-0.15, -0.1) is 0 Å². The highest BCUT2D eigenvalue weighted by atomic mass is 16.6. The SMILES string of the molecule is CC[C@@H](C(=O)NC(C)(C)C)N(Cc1ccc(OC)cc1)C(=O)COc1ccc([N+](=O)[O-])c(OC)c1. The molecule has 0 aromatic heterocycles. The van der Waals surface area contributed by atoms with Crippen molar-refractivity contribution >= 4 is 17.5 Å². The van der Waals surface area contributed by atoms with Crippen LogP contribution >= 0.6 is 0 Å². The third kappa shape index (κ3) is 7.87. The van der Waals surface area contributed by atoms with Crippen molar-refractivity contribution in [2.75, 3.05) is 20.8 Å². The summed E-state index contributed by atoms with van der Waals surface area (Å²) in [5.41, 5.74) is 0.140. The topological polar surface area (TPSA) is 120 Å². The predicted octanol–water partition coefficient (Wildman–Crippen LogP) is 3.71. The molecule has 0 aliphatic rings. The Morgan fingerprint density at radius 2 is 1.69 bits per heavy atom. The molecule has 1 N–H and O–H groups in total. The highest BCUT2D eigenvalue weighted by Crippen LogP contribution is 2.30. The molecule has 190 valence electrons. The van der Waals surface area contributed by atoms with Crippen molar-refractivity contribution in [2.45, 2.75) is 52.2 Å². The first-order chi connectivity index (χ1) is 16.5. The van der Waals surface area contributed by atoms with Crippen molar-refractivity contribution in [3.63, 3.8) is 0 Å². The number of hydrogen-bond donors (Lipinski definition) is 1. The summed E-state index contributed by atoms with van der Waals surface area (Å²) in [7, 11) is 2.88. The van der Waals surface area contributed by atoms with Gasteiger partial charge in [0, 0.05) is 24.2 Å². The van der Waals surface area contributed by atoms with Gasteiger partial charge in [0.05, 0.1) is 19.1 Å². The number of hydrogen-bond acceptors (Lipinski definition) is 7. The lowest BCUT2D eigenvalue weighted by Crippen LogP contribution is -2.54. The predicted molar refractivity (Wildman–Crippen MR) is 131 cm³/mol. The number of benzene rings is 2. The molecule has 2 amide bonds. The Morgan fingerprint density at radius 1 is 1.06 bits per heavy atom. The number of carbonyl (C=O) groups is 2. The van der Waals surface area contributed by atoms with Crippen LogP contribution in [0.2, 0.25) is 0 Å². The smallest absolute Gasteiger partial charge is 0.311 e. The minimum Gasteiger partial charge on any atom is -0.497 e. The molecule has 0 spiro atoms. The Bertz CT molecular complexity index is 1030. The Balaban J connectivity index is 2.27. The van der Waals surface area contributed by atoms with Gasteiger partial charge in [0.15, 0.2) is 6.61 Å². The van der Waals surface area contributed by atoms with Crippen molar-refractivity contribution in [3.8, 4) is 17.2 Å². The molecule has 0 heterocycles. The minimum absolute atomic E-state index is 0.0195. The molecule has 0 aliphatic heterocycles. The van der Waals surface area contributed by atoms with Gasteiger partial charge in [-0.2, -0.15) is 0 Å². The van der Waals surface area contributed by atoms with Crippen LogP contribution in [0, 0.1) is 10.1 Å². The Kier molecular flexibility index (Phi) is 9.44. The van der Waals surface area contributed by atoms with Crippen molar-refractivity contribution < 1.29 is 28.7 Å². The second-order valence-electron chi connectivity index (χ2n) is 8.91. The van der Waals surface area contributed by atoms with Crippen LogP contribution in [0.4, 0.5) is 5.69 Å². The Labute approximate surface area is 205 Å². The van der Waals surface area contributed by atoms with E-state index in [9.17, 15) is 19.7 Å². The van der Waals surface area contributed by atoms with Gasteiger partial charge < -0.3 is 24.4 Å². The average Bonchev–Trinajstić information content (AvgIpc) is 2.81. The fourth-order valence-electron chi connectivity index (χ4n) is 3.43. The maximum absolute atomic E-state index is 13.3. The normalized spacial score (nSPS) is 11.8. The fraction of sp³-hybridized carbons (Fsp3) is 0.440. The van der Waals surface area contributed by atoms with Crippen molar-refractivity contribution in [1.82, 2.24) is 10.2 Å². The number of nitrogens with zero attached hydrogens (tertiary/aromatic N) is 2. The standard InChI is InChI=1S/C25H33N3O7/c1-7-20(24(30)26-25(2,3)4)27(15-17-8-10-18(33-5)11-9-17)23(29)16-35-19-12-13-21(28(31)32)22(14-19)34-6/h8-14,20H,7,15-16H2,1-6H3,(H,26,30)/t20-/m0/s1. The lowest BCUT2D eigenvalue weighted by molar-refractivity contribution is -0.385. The molecule has 0 fully saturated rings. The summed E-state index contributed by atoms with van der Waals surface area (Å²) in [5.74, 6) is 0.260. The van der Waals surface area contributed by atoms with Gasteiger partial charge in [-0.3, -0.25) is 19.7 Å². The molecule has 2 rings (SSSR count). The molecular formula is C25H33N3O7. The van der Waals surface area contributed by atoms with Gasteiger partial charge >= 0.3 is 5.69 Å². The van der Waals surface area contributed by atoms with Gasteiger partial charge in [0.25, 0.3) is 5.91 Å². The van der Waals surface area contributed by atoms with Crippen LogP contribution in [0.1, 0.15) is 39.7 Å². The molecule has 0 saturated heterocycles. The molecule has 2 aromatic carbocycles. The average molecular weight is 488 g/mol. The summed E-state index contributed by atoms with van der Waals surface area (Å²) in [6, 6.07) is 10.5. The van der Waals surface area contributed by atoms with Crippen LogP contribution in [0.15, 0.2) is 42.5 Å².